The predicted octanol–water partition coefficient (Wildman–Crippen LogP) is 1.02. The molecule has 24 heavy (non-hydrogen) atoms. The van der Waals surface area contributed by atoms with Crippen molar-refractivity contribution in [2.75, 3.05) is 31.2 Å². The summed E-state index contributed by atoms with van der Waals surface area (Å²) < 4.78 is 5.34. The first kappa shape index (κ1) is 17.0. The van der Waals surface area contributed by atoms with Gasteiger partial charge in [0.15, 0.2) is 0 Å². The van der Waals surface area contributed by atoms with Crippen molar-refractivity contribution in [3.05, 3.63) is 23.9 Å². The maximum absolute atomic E-state index is 12.0. The molecule has 2 amide bonds. The number of rotatable bonds is 4. The van der Waals surface area contributed by atoms with Gasteiger partial charge in [-0.3, -0.25) is 0 Å². The molecule has 3 rings (SSSR count). The highest BCUT2D eigenvalue weighted by molar-refractivity contribution is 5.74. The second-order valence-electron chi connectivity index (χ2n) is 6.46. The van der Waals surface area contributed by atoms with E-state index in [1.54, 1.807) is 0 Å². The van der Waals surface area contributed by atoms with Gasteiger partial charge >= 0.3 is 6.03 Å². The summed E-state index contributed by atoms with van der Waals surface area (Å²) in [5.41, 5.74) is 0.973. The van der Waals surface area contributed by atoms with Crippen LogP contribution in [0.2, 0.25) is 0 Å². The average molecular weight is 334 g/mol. The van der Waals surface area contributed by atoms with Gasteiger partial charge in [0.1, 0.15) is 5.82 Å². The lowest BCUT2D eigenvalue weighted by molar-refractivity contribution is 0.117. The second-order valence-corrected chi connectivity index (χ2v) is 6.46. The Labute approximate surface area is 142 Å². The maximum Gasteiger partial charge on any atom is 0.315 e. The third-order valence-corrected chi connectivity index (χ3v) is 4.63. The zero-order valence-corrected chi connectivity index (χ0v) is 13.9. The van der Waals surface area contributed by atoms with Crippen molar-refractivity contribution in [1.82, 2.24) is 15.6 Å². The number of ether oxygens (including phenoxy) is 1. The van der Waals surface area contributed by atoms with Crippen LogP contribution in [-0.4, -0.2) is 54.6 Å². The zero-order chi connectivity index (χ0) is 16.8. The van der Waals surface area contributed by atoms with E-state index in [2.05, 4.69) is 20.5 Å². The largest absolute Gasteiger partial charge is 0.393 e. The van der Waals surface area contributed by atoms with Crippen LogP contribution in [0.1, 0.15) is 31.2 Å². The van der Waals surface area contributed by atoms with Gasteiger partial charge < -0.3 is 25.4 Å². The molecule has 0 atom stereocenters. The highest BCUT2D eigenvalue weighted by atomic mass is 16.5. The fourth-order valence-electron chi connectivity index (χ4n) is 3.14. The second kappa shape index (κ2) is 8.30. The third-order valence-electron chi connectivity index (χ3n) is 4.63. The molecule has 7 nitrogen and oxygen atoms in total. The highest BCUT2D eigenvalue weighted by Gasteiger charge is 2.20. The van der Waals surface area contributed by atoms with Gasteiger partial charge in [0.25, 0.3) is 0 Å². The number of anilines is 1. The van der Waals surface area contributed by atoms with Crippen molar-refractivity contribution in [3.8, 4) is 0 Å². The molecule has 1 aliphatic heterocycles. The van der Waals surface area contributed by atoms with Gasteiger partial charge in [-0.05, 0) is 37.3 Å². The van der Waals surface area contributed by atoms with Crippen molar-refractivity contribution in [2.24, 2.45) is 0 Å². The quantitative estimate of drug-likeness (QED) is 0.765. The summed E-state index contributed by atoms with van der Waals surface area (Å²) in [6.45, 7) is 3.66. The van der Waals surface area contributed by atoms with E-state index in [1.165, 1.54) is 0 Å². The molecule has 2 heterocycles. The fourth-order valence-corrected chi connectivity index (χ4v) is 3.14. The van der Waals surface area contributed by atoms with Crippen molar-refractivity contribution in [1.29, 1.82) is 0 Å². The maximum atomic E-state index is 12.0. The minimum absolute atomic E-state index is 0.159. The average Bonchev–Trinajstić information content (AvgIpc) is 2.63. The van der Waals surface area contributed by atoms with E-state index < -0.39 is 0 Å². The zero-order valence-electron chi connectivity index (χ0n) is 13.9. The summed E-state index contributed by atoms with van der Waals surface area (Å²) >= 11 is 0. The Morgan fingerprint density at radius 2 is 2.00 bits per heavy atom. The van der Waals surface area contributed by atoms with Crippen LogP contribution in [-0.2, 0) is 11.3 Å². The first-order valence-electron chi connectivity index (χ1n) is 8.71. The van der Waals surface area contributed by atoms with Crippen LogP contribution < -0.4 is 15.5 Å². The standard InChI is InChI=1S/C17H26N4O3/c22-15-4-2-14(3-5-15)20-17(23)19-12-13-1-6-16(18-11-13)21-7-9-24-10-8-21/h1,6,11,14-15,22H,2-5,7-10,12H2,(H2,19,20,23). The lowest BCUT2D eigenvalue weighted by Gasteiger charge is -2.27. The van der Waals surface area contributed by atoms with Gasteiger partial charge in [-0.25, -0.2) is 9.78 Å². The van der Waals surface area contributed by atoms with Crippen molar-refractivity contribution < 1.29 is 14.6 Å². The van der Waals surface area contributed by atoms with Crippen LogP contribution >= 0.6 is 0 Å². The molecule has 0 bridgehead atoms. The summed E-state index contributed by atoms with van der Waals surface area (Å²) in [4.78, 5) is 18.6. The number of aliphatic hydroxyl groups is 1. The molecule has 0 radical (unpaired) electrons. The van der Waals surface area contributed by atoms with E-state index in [0.717, 1.165) is 63.4 Å². The molecule has 0 spiro atoms. The smallest absolute Gasteiger partial charge is 0.315 e. The third kappa shape index (κ3) is 4.82. The topological polar surface area (TPSA) is 86.7 Å². The van der Waals surface area contributed by atoms with E-state index in [-0.39, 0.29) is 18.2 Å². The van der Waals surface area contributed by atoms with E-state index in [0.29, 0.717) is 6.54 Å². The Kier molecular flexibility index (Phi) is 5.87. The number of hydrogen-bond donors (Lipinski definition) is 3. The fraction of sp³-hybridized carbons (Fsp3) is 0.647. The number of hydrogen-bond acceptors (Lipinski definition) is 5. The first-order chi connectivity index (χ1) is 11.7. The van der Waals surface area contributed by atoms with Crippen molar-refractivity contribution >= 4 is 11.8 Å². The number of amides is 2. The van der Waals surface area contributed by atoms with Gasteiger partial charge in [-0.2, -0.15) is 0 Å². The summed E-state index contributed by atoms with van der Waals surface area (Å²) in [5, 5.41) is 15.3. The van der Waals surface area contributed by atoms with Crippen LogP contribution in [0, 0.1) is 0 Å². The lowest BCUT2D eigenvalue weighted by atomic mass is 9.93. The van der Waals surface area contributed by atoms with Gasteiger partial charge in [0, 0.05) is 31.9 Å². The van der Waals surface area contributed by atoms with Gasteiger partial charge in [-0.1, -0.05) is 6.07 Å². The Hall–Kier alpha value is -1.86. The van der Waals surface area contributed by atoms with E-state index in [9.17, 15) is 9.90 Å². The molecule has 1 aliphatic carbocycles. The summed E-state index contributed by atoms with van der Waals surface area (Å²) in [5.74, 6) is 0.951. The van der Waals surface area contributed by atoms with Gasteiger partial charge in [0.05, 0.1) is 19.3 Å². The molecular formula is C17H26N4O3. The van der Waals surface area contributed by atoms with Crippen LogP contribution in [0.25, 0.3) is 0 Å². The highest BCUT2D eigenvalue weighted by Crippen LogP contribution is 2.18. The number of nitrogens with one attached hydrogen (secondary N) is 2. The Morgan fingerprint density at radius 1 is 1.25 bits per heavy atom. The number of pyridine rings is 1. The van der Waals surface area contributed by atoms with Gasteiger partial charge in [-0.15, -0.1) is 0 Å². The first-order valence-corrected chi connectivity index (χ1v) is 8.71. The number of nitrogens with zero attached hydrogens (tertiary/aromatic N) is 2. The number of aliphatic hydroxyl groups excluding tert-OH is 1. The Balaban J connectivity index is 1.41. The molecule has 0 unspecified atom stereocenters. The molecular weight excluding hydrogens is 308 g/mol. The molecule has 2 fully saturated rings. The van der Waals surface area contributed by atoms with Crippen molar-refractivity contribution in [2.45, 2.75) is 44.4 Å². The molecule has 1 saturated heterocycles. The molecule has 2 aliphatic rings. The molecule has 1 saturated carbocycles. The molecule has 3 N–H and O–H groups in total. The Morgan fingerprint density at radius 3 is 2.67 bits per heavy atom. The normalized spacial score (nSPS) is 24.5. The summed E-state index contributed by atoms with van der Waals surface area (Å²) in [6, 6.07) is 3.99. The molecule has 132 valence electrons. The SMILES string of the molecule is O=C(NCc1ccc(N2CCOCC2)nc1)NC1CCC(O)CC1. The number of carbonyl (C=O) groups is 1. The number of morpholine rings is 1. The molecule has 1 aromatic rings. The Bertz CT molecular complexity index is 523. The number of carbonyl (C=O) groups excluding carboxylic acids is 1. The van der Waals surface area contributed by atoms with Gasteiger partial charge in [0.2, 0.25) is 0 Å². The monoisotopic (exact) mass is 334 g/mol. The minimum Gasteiger partial charge on any atom is -0.393 e. The van der Waals surface area contributed by atoms with Crippen LogP contribution in [0.5, 0.6) is 0 Å². The summed E-state index contributed by atoms with van der Waals surface area (Å²) in [6.07, 6.45) is 4.80. The number of aromatic nitrogens is 1. The lowest BCUT2D eigenvalue weighted by Crippen LogP contribution is -2.43. The minimum atomic E-state index is -0.206. The molecule has 0 aromatic carbocycles. The van der Waals surface area contributed by atoms with E-state index in [4.69, 9.17) is 4.74 Å². The van der Waals surface area contributed by atoms with Crippen LogP contribution in [0.3, 0.4) is 0 Å². The van der Waals surface area contributed by atoms with E-state index >= 15 is 0 Å². The predicted molar refractivity (Wildman–Crippen MR) is 90.9 cm³/mol. The number of urea groups is 1. The summed E-state index contributed by atoms with van der Waals surface area (Å²) in [7, 11) is 0. The van der Waals surface area contributed by atoms with Crippen LogP contribution in [0.4, 0.5) is 10.6 Å². The van der Waals surface area contributed by atoms with Crippen LogP contribution in [0.15, 0.2) is 18.3 Å². The molecule has 1 aromatic heterocycles. The van der Waals surface area contributed by atoms with E-state index in [1.807, 2.05) is 18.3 Å². The molecule has 7 heteroatoms. The van der Waals surface area contributed by atoms with Crippen molar-refractivity contribution in [3.63, 3.8) is 0 Å².